The number of piperidine rings is 1. The van der Waals surface area contributed by atoms with Crippen molar-refractivity contribution in [2.75, 3.05) is 25.0 Å². The second-order valence-electron chi connectivity index (χ2n) is 5.45. The topological polar surface area (TPSA) is 58.4 Å². The number of hydrogen-bond acceptors (Lipinski definition) is 4. The van der Waals surface area contributed by atoms with Crippen molar-refractivity contribution in [3.63, 3.8) is 0 Å². The highest BCUT2D eigenvalue weighted by Crippen LogP contribution is 2.35. The van der Waals surface area contributed by atoms with Gasteiger partial charge in [-0.3, -0.25) is 10.1 Å². The van der Waals surface area contributed by atoms with E-state index in [0.717, 1.165) is 19.6 Å². The van der Waals surface area contributed by atoms with E-state index < -0.39 is 4.92 Å². The van der Waals surface area contributed by atoms with Crippen LogP contribution in [0.3, 0.4) is 0 Å². The van der Waals surface area contributed by atoms with Gasteiger partial charge in [-0.05, 0) is 32.9 Å². The SMILES string of the molecule is CC(CN1CCCCC1)Nc1c(Cl)cc([N+](=O)[O-])cc1Cl. The summed E-state index contributed by atoms with van der Waals surface area (Å²) in [4.78, 5) is 12.7. The molecule has 1 fully saturated rings. The van der Waals surface area contributed by atoms with E-state index in [-0.39, 0.29) is 21.8 Å². The second-order valence-corrected chi connectivity index (χ2v) is 6.26. The summed E-state index contributed by atoms with van der Waals surface area (Å²) in [6.07, 6.45) is 3.79. The predicted octanol–water partition coefficient (Wildman–Crippen LogP) is 4.19. The maximum atomic E-state index is 10.8. The Kier molecular flexibility index (Phi) is 5.67. The molecule has 2 rings (SSSR count). The first-order chi connectivity index (χ1) is 9.97. The van der Waals surface area contributed by atoms with Crippen molar-refractivity contribution < 1.29 is 4.92 Å². The molecule has 0 amide bonds. The third-order valence-electron chi connectivity index (χ3n) is 3.61. The van der Waals surface area contributed by atoms with Crippen LogP contribution in [0.1, 0.15) is 26.2 Å². The lowest BCUT2D eigenvalue weighted by atomic mass is 10.1. The van der Waals surface area contributed by atoms with Crippen LogP contribution in [-0.4, -0.2) is 35.5 Å². The van der Waals surface area contributed by atoms with Gasteiger partial charge in [-0.15, -0.1) is 0 Å². The minimum Gasteiger partial charge on any atom is -0.379 e. The number of benzene rings is 1. The van der Waals surface area contributed by atoms with Crippen LogP contribution < -0.4 is 5.32 Å². The number of hydrogen-bond donors (Lipinski definition) is 1. The van der Waals surface area contributed by atoms with Gasteiger partial charge in [0, 0.05) is 24.7 Å². The minimum absolute atomic E-state index is 0.0979. The lowest BCUT2D eigenvalue weighted by Gasteiger charge is -2.30. The molecule has 7 heteroatoms. The molecule has 0 saturated carbocycles. The zero-order valence-electron chi connectivity index (χ0n) is 11.9. The van der Waals surface area contributed by atoms with Crippen LogP contribution in [0.25, 0.3) is 0 Å². The first kappa shape index (κ1) is 16.3. The number of anilines is 1. The monoisotopic (exact) mass is 331 g/mol. The van der Waals surface area contributed by atoms with E-state index in [9.17, 15) is 10.1 Å². The molecule has 1 aromatic rings. The van der Waals surface area contributed by atoms with Crippen LogP contribution in [0.15, 0.2) is 12.1 Å². The number of nitro benzene ring substituents is 1. The predicted molar refractivity (Wildman–Crippen MR) is 86.5 cm³/mol. The first-order valence-electron chi connectivity index (χ1n) is 7.09. The van der Waals surface area contributed by atoms with E-state index in [4.69, 9.17) is 23.2 Å². The van der Waals surface area contributed by atoms with E-state index in [1.165, 1.54) is 31.4 Å². The Bertz CT molecular complexity index is 496. The summed E-state index contributed by atoms with van der Waals surface area (Å²) in [6, 6.07) is 2.81. The second kappa shape index (κ2) is 7.29. The van der Waals surface area contributed by atoms with Crippen molar-refractivity contribution in [3.05, 3.63) is 32.3 Å². The summed E-state index contributed by atoms with van der Waals surface area (Å²) in [6.45, 7) is 5.20. The van der Waals surface area contributed by atoms with E-state index in [0.29, 0.717) is 5.69 Å². The van der Waals surface area contributed by atoms with Gasteiger partial charge < -0.3 is 10.2 Å². The summed E-state index contributed by atoms with van der Waals surface area (Å²) in [5.41, 5.74) is 0.465. The lowest BCUT2D eigenvalue weighted by molar-refractivity contribution is -0.384. The molecule has 0 spiro atoms. The molecule has 0 aromatic heterocycles. The normalized spacial score (nSPS) is 17.5. The van der Waals surface area contributed by atoms with Gasteiger partial charge >= 0.3 is 0 Å². The summed E-state index contributed by atoms with van der Waals surface area (Å²) >= 11 is 12.2. The molecule has 5 nitrogen and oxygen atoms in total. The molecule has 21 heavy (non-hydrogen) atoms. The van der Waals surface area contributed by atoms with Crippen LogP contribution >= 0.6 is 23.2 Å². The zero-order valence-corrected chi connectivity index (χ0v) is 13.5. The molecule has 1 aliphatic heterocycles. The molecule has 0 bridgehead atoms. The van der Waals surface area contributed by atoms with E-state index in [1.807, 2.05) is 0 Å². The van der Waals surface area contributed by atoms with Gasteiger partial charge in [0.2, 0.25) is 0 Å². The number of nitro groups is 1. The number of non-ortho nitro benzene ring substituents is 1. The zero-order chi connectivity index (χ0) is 15.4. The quantitative estimate of drug-likeness (QED) is 0.649. The Morgan fingerprint density at radius 2 is 1.86 bits per heavy atom. The van der Waals surface area contributed by atoms with Crippen molar-refractivity contribution in [3.8, 4) is 0 Å². The Labute approximate surface area is 134 Å². The molecule has 1 N–H and O–H groups in total. The van der Waals surface area contributed by atoms with Crippen LogP contribution in [0.4, 0.5) is 11.4 Å². The fraction of sp³-hybridized carbons (Fsp3) is 0.571. The van der Waals surface area contributed by atoms with Crippen LogP contribution in [0.5, 0.6) is 0 Å². The maximum Gasteiger partial charge on any atom is 0.272 e. The summed E-state index contributed by atoms with van der Waals surface area (Å²) in [7, 11) is 0. The highest BCUT2D eigenvalue weighted by Gasteiger charge is 2.18. The Morgan fingerprint density at radius 1 is 1.29 bits per heavy atom. The number of likely N-dealkylation sites (tertiary alicyclic amines) is 1. The molecule has 116 valence electrons. The molecular weight excluding hydrogens is 313 g/mol. The van der Waals surface area contributed by atoms with Gasteiger partial charge in [-0.2, -0.15) is 0 Å². The van der Waals surface area contributed by atoms with E-state index in [2.05, 4.69) is 17.1 Å². The van der Waals surface area contributed by atoms with Gasteiger partial charge in [0.05, 0.1) is 20.7 Å². The van der Waals surface area contributed by atoms with Gasteiger partial charge in [-0.25, -0.2) is 0 Å². The Morgan fingerprint density at radius 3 is 2.38 bits per heavy atom. The van der Waals surface area contributed by atoms with Crippen molar-refractivity contribution >= 4 is 34.6 Å². The molecular formula is C14H19Cl2N3O2. The molecule has 1 saturated heterocycles. The van der Waals surface area contributed by atoms with Crippen molar-refractivity contribution in [2.24, 2.45) is 0 Å². The van der Waals surface area contributed by atoms with Crippen molar-refractivity contribution in [1.29, 1.82) is 0 Å². The van der Waals surface area contributed by atoms with Crippen LogP contribution in [-0.2, 0) is 0 Å². The maximum absolute atomic E-state index is 10.8. The molecule has 0 aliphatic carbocycles. The smallest absolute Gasteiger partial charge is 0.272 e. The lowest BCUT2D eigenvalue weighted by Crippen LogP contribution is -2.38. The summed E-state index contributed by atoms with van der Waals surface area (Å²) in [5.74, 6) is 0. The largest absolute Gasteiger partial charge is 0.379 e. The highest BCUT2D eigenvalue weighted by molar-refractivity contribution is 6.39. The molecule has 0 radical (unpaired) electrons. The summed E-state index contributed by atoms with van der Waals surface area (Å²) in [5, 5.41) is 14.6. The van der Waals surface area contributed by atoms with Crippen LogP contribution in [0, 0.1) is 10.1 Å². The Hall–Kier alpha value is -1.04. The third kappa shape index (κ3) is 4.46. The average molecular weight is 332 g/mol. The van der Waals surface area contributed by atoms with Gasteiger partial charge in [0.25, 0.3) is 5.69 Å². The average Bonchev–Trinajstić information content (AvgIpc) is 2.43. The number of rotatable bonds is 5. The van der Waals surface area contributed by atoms with Crippen LogP contribution in [0.2, 0.25) is 10.0 Å². The minimum atomic E-state index is -0.501. The Balaban J connectivity index is 2.03. The molecule has 1 aliphatic rings. The van der Waals surface area contributed by atoms with E-state index >= 15 is 0 Å². The van der Waals surface area contributed by atoms with Gasteiger partial charge in [0.1, 0.15) is 0 Å². The number of nitrogens with one attached hydrogen (secondary N) is 1. The number of nitrogens with zero attached hydrogens (tertiary/aromatic N) is 2. The fourth-order valence-electron chi connectivity index (χ4n) is 2.62. The molecule has 1 unspecified atom stereocenters. The molecule has 1 aromatic carbocycles. The highest BCUT2D eigenvalue weighted by atomic mass is 35.5. The standard InChI is InChI=1S/C14H19Cl2N3O2/c1-10(9-18-5-3-2-4-6-18)17-14-12(15)7-11(19(20)21)8-13(14)16/h7-8,10,17H,2-6,9H2,1H3. The fourth-order valence-corrected chi connectivity index (χ4v) is 3.21. The molecule has 1 heterocycles. The number of halogens is 2. The first-order valence-corrected chi connectivity index (χ1v) is 7.85. The van der Waals surface area contributed by atoms with Gasteiger partial charge in [0.15, 0.2) is 0 Å². The molecule has 1 atom stereocenters. The van der Waals surface area contributed by atoms with Crippen molar-refractivity contribution in [2.45, 2.75) is 32.2 Å². The third-order valence-corrected chi connectivity index (χ3v) is 4.21. The van der Waals surface area contributed by atoms with E-state index in [1.54, 1.807) is 0 Å². The van der Waals surface area contributed by atoms with Gasteiger partial charge in [-0.1, -0.05) is 29.6 Å². The summed E-state index contributed by atoms with van der Waals surface area (Å²) < 4.78 is 0. The van der Waals surface area contributed by atoms with Crippen molar-refractivity contribution in [1.82, 2.24) is 4.90 Å².